The Morgan fingerprint density at radius 3 is 2.47 bits per heavy atom. The highest BCUT2D eigenvalue weighted by Gasteiger charge is 2.44. The van der Waals surface area contributed by atoms with Gasteiger partial charge in [-0.15, -0.1) is 0 Å². The van der Waals surface area contributed by atoms with Crippen LogP contribution in [0.2, 0.25) is 0 Å². The molecule has 4 aromatic rings. The Morgan fingerprint density at radius 2 is 1.79 bits per heavy atom. The number of amides is 1. The van der Waals surface area contributed by atoms with E-state index in [0.29, 0.717) is 32.3 Å². The molecule has 1 aliphatic rings. The molecule has 8 heteroatoms. The Kier molecular flexibility index (Phi) is 5.25. The van der Waals surface area contributed by atoms with Crippen LogP contribution in [0.4, 0.5) is 5.69 Å². The third-order valence-corrected chi connectivity index (χ3v) is 6.52. The van der Waals surface area contributed by atoms with Crippen LogP contribution in [0.15, 0.2) is 74.3 Å². The van der Waals surface area contributed by atoms with Gasteiger partial charge in [-0.2, -0.15) is 0 Å². The molecule has 1 unspecified atom stereocenters. The minimum absolute atomic E-state index is 0.0486. The number of rotatable bonds is 4. The van der Waals surface area contributed by atoms with Crippen molar-refractivity contribution in [3.05, 3.63) is 97.8 Å². The molecule has 0 saturated carbocycles. The van der Waals surface area contributed by atoms with Crippen molar-refractivity contribution in [2.75, 3.05) is 12.0 Å². The summed E-state index contributed by atoms with van der Waals surface area (Å²) in [5, 5.41) is 10.7. The van der Waals surface area contributed by atoms with Crippen LogP contribution in [0.1, 0.15) is 45.0 Å². The SMILES string of the molecule is COc1cc(C2c3c(oc4ccccc4c3=O)C(=O)N2c2ccc(C(C)=O)cc2)cc(Br)c1O. The lowest BCUT2D eigenvalue weighted by Crippen LogP contribution is -2.29. The second kappa shape index (κ2) is 8.14. The largest absolute Gasteiger partial charge is 0.503 e. The first-order chi connectivity index (χ1) is 16.3. The zero-order chi connectivity index (χ0) is 24.1. The molecule has 0 fully saturated rings. The Balaban J connectivity index is 1.80. The third-order valence-electron chi connectivity index (χ3n) is 5.92. The summed E-state index contributed by atoms with van der Waals surface area (Å²) in [6.07, 6.45) is 0. The highest BCUT2D eigenvalue weighted by atomic mass is 79.9. The van der Waals surface area contributed by atoms with E-state index in [9.17, 15) is 19.5 Å². The summed E-state index contributed by atoms with van der Waals surface area (Å²) in [4.78, 5) is 40.4. The van der Waals surface area contributed by atoms with E-state index in [2.05, 4.69) is 15.9 Å². The summed E-state index contributed by atoms with van der Waals surface area (Å²) in [5.74, 6) is -0.551. The molecule has 1 aromatic heterocycles. The number of phenols is 1. The molecule has 1 N–H and O–H groups in total. The number of aromatic hydroxyl groups is 1. The number of ketones is 1. The van der Waals surface area contributed by atoms with Gasteiger partial charge in [0.05, 0.1) is 28.6 Å². The molecule has 34 heavy (non-hydrogen) atoms. The summed E-state index contributed by atoms with van der Waals surface area (Å²) < 4.78 is 11.6. The fourth-order valence-corrected chi connectivity index (χ4v) is 4.73. The van der Waals surface area contributed by atoms with Crippen LogP contribution in [-0.4, -0.2) is 23.9 Å². The normalized spacial score (nSPS) is 15.0. The number of phenolic OH excluding ortho intramolecular Hbond substituents is 1. The molecule has 1 amide bonds. The third kappa shape index (κ3) is 3.30. The quantitative estimate of drug-likeness (QED) is 0.371. The van der Waals surface area contributed by atoms with E-state index in [1.54, 1.807) is 60.7 Å². The minimum atomic E-state index is -0.850. The molecular weight excluding hydrogens is 502 g/mol. The monoisotopic (exact) mass is 519 g/mol. The molecule has 1 atom stereocenters. The zero-order valence-electron chi connectivity index (χ0n) is 18.2. The van der Waals surface area contributed by atoms with E-state index in [1.807, 2.05) is 0 Å². The molecular formula is C26H18BrNO6. The van der Waals surface area contributed by atoms with Crippen molar-refractivity contribution in [2.45, 2.75) is 13.0 Å². The molecule has 0 radical (unpaired) electrons. The maximum atomic E-state index is 13.6. The van der Waals surface area contributed by atoms with Crippen molar-refractivity contribution < 1.29 is 23.8 Å². The topological polar surface area (TPSA) is 97.0 Å². The van der Waals surface area contributed by atoms with Crippen LogP contribution < -0.4 is 15.1 Å². The summed E-state index contributed by atoms with van der Waals surface area (Å²) >= 11 is 3.33. The van der Waals surface area contributed by atoms with E-state index in [-0.39, 0.29) is 34.0 Å². The standard InChI is InChI=1S/C26H18BrNO6/c1-13(29)14-7-9-16(10-8-14)28-22(15-11-18(27)24(31)20(12-15)33-2)21-23(30)17-5-3-4-6-19(17)34-25(21)26(28)32/h3-12,22,31H,1-2H3. The van der Waals surface area contributed by atoms with Crippen LogP contribution in [0, 0.1) is 0 Å². The van der Waals surface area contributed by atoms with Gasteiger partial charge < -0.3 is 14.3 Å². The van der Waals surface area contributed by atoms with E-state index in [4.69, 9.17) is 9.15 Å². The Bertz CT molecular complexity index is 1540. The van der Waals surface area contributed by atoms with Crippen molar-refractivity contribution in [2.24, 2.45) is 0 Å². The molecule has 0 aliphatic carbocycles. The van der Waals surface area contributed by atoms with Crippen LogP contribution in [0.5, 0.6) is 11.5 Å². The van der Waals surface area contributed by atoms with E-state index in [1.165, 1.54) is 18.9 Å². The number of carbonyl (C=O) groups is 2. The fraction of sp³-hybridized carbons (Fsp3) is 0.115. The highest BCUT2D eigenvalue weighted by Crippen LogP contribution is 2.45. The number of halogens is 1. The summed E-state index contributed by atoms with van der Waals surface area (Å²) in [6.45, 7) is 1.46. The Hall–Kier alpha value is -3.91. The zero-order valence-corrected chi connectivity index (χ0v) is 19.8. The maximum Gasteiger partial charge on any atom is 0.295 e. The Labute approximate surface area is 202 Å². The molecule has 3 aromatic carbocycles. The van der Waals surface area contributed by atoms with Crippen molar-refractivity contribution >= 4 is 44.3 Å². The van der Waals surface area contributed by atoms with Crippen LogP contribution in [-0.2, 0) is 0 Å². The average Bonchev–Trinajstić information content (AvgIpc) is 3.13. The first kappa shape index (κ1) is 21.9. The van der Waals surface area contributed by atoms with Crippen LogP contribution in [0.3, 0.4) is 0 Å². The summed E-state index contributed by atoms with van der Waals surface area (Å²) in [5.41, 5.74) is 1.71. The lowest BCUT2D eigenvalue weighted by molar-refractivity contribution is 0.0970. The number of hydrogen-bond donors (Lipinski definition) is 1. The van der Waals surface area contributed by atoms with Gasteiger partial charge in [0.15, 0.2) is 22.7 Å². The molecule has 170 valence electrons. The molecule has 1 aliphatic heterocycles. The summed E-state index contributed by atoms with van der Waals surface area (Å²) in [6, 6.07) is 15.7. The lowest BCUT2D eigenvalue weighted by Gasteiger charge is -2.26. The number of hydrogen-bond acceptors (Lipinski definition) is 6. The second-order valence-electron chi connectivity index (χ2n) is 7.90. The predicted molar refractivity (Wildman–Crippen MR) is 130 cm³/mol. The molecule has 2 heterocycles. The van der Waals surface area contributed by atoms with Crippen LogP contribution >= 0.6 is 15.9 Å². The van der Waals surface area contributed by atoms with E-state index < -0.39 is 11.9 Å². The smallest absolute Gasteiger partial charge is 0.295 e. The van der Waals surface area contributed by atoms with E-state index >= 15 is 0 Å². The fourth-order valence-electron chi connectivity index (χ4n) is 4.27. The number of benzene rings is 3. The van der Waals surface area contributed by atoms with Crippen molar-refractivity contribution in [3.63, 3.8) is 0 Å². The average molecular weight is 520 g/mol. The molecule has 5 rings (SSSR count). The second-order valence-corrected chi connectivity index (χ2v) is 8.76. The van der Waals surface area contributed by atoms with Crippen molar-refractivity contribution in [1.82, 2.24) is 0 Å². The van der Waals surface area contributed by atoms with Gasteiger partial charge in [-0.05, 0) is 76.9 Å². The number of Topliss-reactive ketones (excluding diaryl/α,β-unsaturated/α-hetero) is 1. The van der Waals surface area contributed by atoms with Gasteiger partial charge >= 0.3 is 0 Å². The molecule has 0 spiro atoms. The van der Waals surface area contributed by atoms with Crippen molar-refractivity contribution in [3.8, 4) is 11.5 Å². The number of methoxy groups -OCH3 is 1. The van der Waals surface area contributed by atoms with Gasteiger partial charge in [0.2, 0.25) is 5.76 Å². The van der Waals surface area contributed by atoms with Gasteiger partial charge in [0.1, 0.15) is 5.58 Å². The van der Waals surface area contributed by atoms with Crippen molar-refractivity contribution in [1.29, 1.82) is 0 Å². The first-order valence-corrected chi connectivity index (χ1v) is 11.2. The number of anilines is 1. The molecule has 7 nitrogen and oxygen atoms in total. The Morgan fingerprint density at radius 1 is 1.09 bits per heavy atom. The lowest BCUT2D eigenvalue weighted by atomic mass is 9.97. The highest BCUT2D eigenvalue weighted by molar-refractivity contribution is 9.10. The van der Waals surface area contributed by atoms with Gasteiger partial charge in [-0.25, -0.2) is 0 Å². The number of ether oxygens (including phenoxy) is 1. The molecule has 0 bridgehead atoms. The predicted octanol–water partition coefficient (Wildman–Crippen LogP) is 5.22. The first-order valence-electron chi connectivity index (χ1n) is 10.4. The minimum Gasteiger partial charge on any atom is -0.503 e. The number of nitrogens with zero attached hydrogens (tertiary/aromatic N) is 1. The van der Waals surface area contributed by atoms with Gasteiger partial charge in [-0.1, -0.05) is 12.1 Å². The van der Waals surface area contributed by atoms with Gasteiger partial charge in [0.25, 0.3) is 5.91 Å². The summed E-state index contributed by atoms with van der Waals surface area (Å²) in [7, 11) is 1.42. The number of para-hydroxylation sites is 1. The van der Waals surface area contributed by atoms with E-state index in [0.717, 1.165) is 0 Å². The van der Waals surface area contributed by atoms with Gasteiger partial charge in [0, 0.05) is 11.3 Å². The van der Waals surface area contributed by atoms with Crippen LogP contribution in [0.25, 0.3) is 11.0 Å². The maximum absolute atomic E-state index is 13.6. The number of fused-ring (bicyclic) bond motifs is 2. The van der Waals surface area contributed by atoms with Gasteiger partial charge in [-0.3, -0.25) is 19.3 Å². The number of carbonyl (C=O) groups excluding carboxylic acids is 2. The molecule has 0 saturated heterocycles.